The highest BCUT2D eigenvalue weighted by atomic mass is 32.1. The molecule has 2 bridgehead atoms. The largest absolute Gasteiger partial charge is 0.374 e. The molecule has 0 aromatic carbocycles. The molecule has 4 heteroatoms. The Balaban J connectivity index is 1.81. The van der Waals surface area contributed by atoms with Crippen LogP contribution in [0.4, 0.5) is 0 Å². The molecule has 0 radical (unpaired) electrons. The van der Waals surface area contributed by atoms with E-state index in [4.69, 9.17) is 10.5 Å². The molecule has 2 fully saturated rings. The number of rotatable bonds is 3. The van der Waals surface area contributed by atoms with Crippen molar-refractivity contribution in [3.63, 3.8) is 0 Å². The fourth-order valence-electron chi connectivity index (χ4n) is 3.15. The Bertz CT molecular complexity index is 392. The molecule has 88 valence electrons. The smallest absolute Gasteiger partial charge is 0.0935 e. The molecule has 1 aromatic heterocycles. The van der Waals surface area contributed by atoms with E-state index >= 15 is 0 Å². The highest BCUT2D eigenvalue weighted by Gasteiger charge is 2.51. The second-order valence-electron chi connectivity index (χ2n) is 5.15. The van der Waals surface area contributed by atoms with Crippen molar-refractivity contribution in [2.24, 2.45) is 11.1 Å². The molecule has 0 amide bonds. The molecule has 3 unspecified atom stereocenters. The molecule has 3 nitrogen and oxygen atoms in total. The Kier molecular flexibility index (Phi) is 2.53. The first kappa shape index (κ1) is 10.7. The highest BCUT2D eigenvalue weighted by molar-refractivity contribution is 7.09. The van der Waals surface area contributed by atoms with E-state index in [9.17, 15) is 0 Å². The molecule has 0 spiro atoms. The third-order valence-electron chi connectivity index (χ3n) is 4.00. The van der Waals surface area contributed by atoms with Crippen LogP contribution in [0.15, 0.2) is 5.38 Å². The predicted molar refractivity (Wildman–Crippen MR) is 64.6 cm³/mol. The summed E-state index contributed by atoms with van der Waals surface area (Å²) in [6.07, 6.45) is 5.40. The molecule has 16 heavy (non-hydrogen) atoms. The predicted octanol–water partition coefficient (Wildman–Crippen LogP) is 1.89. The summed E-state index contributed by atoms with van der Waals surface area (Å²) in [6.45, 7) is 2.78. The van der Waals surface area contributed by atoms with Crippen molar-refractivity contribution in [2.75, 3.05) is 6.54 Å². The van der Waals surface area contributed by atoms with Crippen LogP contribution in [0.2, 0.25) is 0 Å². The quantitative estimate of drug-likeness (QED) is 0.875. The topological polar surface area (TPSA) is 48.1 Å². The Labute approximate surface area is 100 Å². The molecule has 0 aliphatic carbocycles. The maximum absolute atomic E-state index is 6.01. The zero-order chi connectivity index (χ0) is 11.2. The first-order chi connectivity index (χ1) is 7.72. The fourth-order valence-corrected chi connectivity index (χ4v) is 4.08. The van der Waals surface area contributed by atoms with E-state index in [1.807, 2.05) is 6.92 Å². The van der Waals surface area contributed by atoms with Gasteiger partial charge in [0.25, 0.3) is 0 Å². The fraction of sp³-hybridized carbons (Fsp3) is 0.750. The molecule has 3 atom stereocenters. The van der Waals surface area contributed by atoms with E-state index in [2.05, 4.69) is 10.4 Å². The number of hydrogen-bond acceptors (Lipinski definition) is 4. The van der Waals surface area contributed by atoms with Gasteiger partial charge in [-0.1, -0.05) is 0 Å². The van der Waals surface area contributed by atoms with Gasteiger partial charge in [0.2, 0.25) is 0 Å². The third-order valence-corrected chi connectivity index (χ3v) is 4.97. The number of ether oxygens (including phenoxy) is 1. The van der Waals surface area contributed by atoms with Gasteiger partial charge in [-0.2, -0.15) is 0 Å². The van der Waals surface area contributed by atoms with Crippen LogP contribution in [0.5, 0.6) is 0 Å². The van der Waals surface area contributed by atoms with E-state index in [-0.39, 0.29) is 5.41 Å². The van der Waals surface area contributed by atoms with Crippen molar-refractivity contribution >= 4 is 11.3 Å². The summed E-state index contributed by atoms with van der Waals surface area (Å²) in [7, 11) is 0. The molecule has 2 aliphatic heterocycles. The van der Waals surface area contributed by atoms with Crippen molar-refractivity contribution in [1.82, 2.24) is 4.98 Å². The van der Waals surface area contributed by atoms with Gasteiger partial charge in [0.15, 0.2) is 0 Å². The Morgan fingerprint density at radius 2 is 2.50 bits per heavy atom. The monoisotopic (exact) mass is 238 g/mol. The van der Waals surface area contributed by atoms with Gasteiger partial charge in [-0.3, -0.25) is 0 Å². The maximum atomic E-state index is 6.01. The lowest BCUT2D eigenvalue weighted by molar-refractivity contribution is 0.0636. The zero-order valence-corrected chi connectivity index (χ0v) is 10.4. The first-order valence-corrected chi connectivity index (χ1v) is 6.86. The van der Waals surface area contributed by atoms with Crippen LogP contribution in [0.1, 0.15) is 30.0 Å². The number of aromatic nitrogens is 1. The molecule has 1 aromatic rings. The lowest BCUT2D eigenvalue weighted by Crippen LogP contribution is -2.41. The van der Waals surface area contributed by atoms with Gasteiger partial charge in [0.05, 0.1) is 17.2 Å². The van der Waals surface area contributed by atoms with Crippen molar-refractivity contribution in [1.29, 1.82) is 0 Å². The molecule has 3 rings (SSSR count). The highest BCUT2D eigenvalue weighted by Crippen LogP contribution is 2.49. The number of nitrogens with two attached hydrogens (primary N) is 1. The van der Waals surface area contributed by atoms with Crippen molar-refractivity contribution < 1.29 is 4.74 Å². The van der Waals surface area contributed by atoms with Gasteiger partial charge in [-0.25, -0.2) is 4.98 Å². The van der Waals surface area contributed by atoms with Gasteiger partial charge in [-0.05, 0) is 26.2 Å². The van der Waals surface area contributed by atoms with Gasteiger partial charge >= 0.3 is 0 Å². The van der Waals surface area contributed by atoms with Gasteiger partial charge in [0.1, 0.15) is 0 Å². The molecule has 2 N–H and O–H groups in total. The van der Waals surface area contributed by atoms with Crippen LogP contribution in [-0.2, 0) is 11.2 Å². The Morgan fingerprint density at radius 3 is 3.00 bits per heavy atom. The summed E-state index contributed by atoms with van der Waals surface area (Å²) in [5, 5.41) is 3.34. The summed E-state index contributed by atoms with van der Waals surface area (Å²) in [4.78, 5) is 4.56. The van der Waals surface area contributed by atoms with E-state index in [0.717, 1.165) is 25.1 Å². The summed E-state index contributed by atoms with van der Waals surface area (Å²) in [6, 6.07) is 0. The van der Waals surface area contributed by atoms with Crippen molar-refractivity contribution in [3.8, 4) is 0 Å². The van der Waals surface area contributed by atoms with Crippen molar-refractivity contribution in [2.45, 2.75) is 44.8 Å². The lowest BCUT2D eigenvalue weighted by Gasteiger charge is -2.33. The second kappa shape index (κ2) is 3.79. The molecule has 0 saturated carbocycles. The van der Waals surface area contributed by atoms with Gasteiger partial charge < -0.3 is 10.5 Å². The van der Waals surface area contributed by atoms with Crippen LogP contribution in [0.3, 0.4) is 0 Å². The molecule has 2 aliphatic rings. The SMILES string of the molecule is Cc1csc(CC2(CN)CC3CCC2O3)n1. The number of hydrogen-bond donors (Lipinski definition) is 1. The lowest BCUT2D eigenvalue weighted by atomic mass is 9.72. The molecular weight excluding hydrogens is 220 g/mol. The number of aryl methyl sites for hydroxylation is 1. The van der Waals surface area contributed by atoms with Crippen molar-refractivity contribution in [3.05, 3.63) is 16.1 Å². The zero-order valence-electron chi connectivity index (χ0n) is 9.61. The van der Waals surface area contributed by atoms with E-state index in [1.54, 1.807) is 11.3 Å². The van der Waals surface area contributed by atoms with E-state index < -0.39 is 0 Å². The Morgan fingerprint density at radius 1 is 1.62 bits per heavy atom. The first-order valence-electron chi connectivity index (χ1n) is 5.98. The molecule has 2 saturated heterocycles. The number of nitrogens with zero attached hydrogens (tertiary/aromatic N) is 1. The normalized spacial score (nSPS) is 37.1. The Hall–Kier alpha value is -0.450. The van der Waals surface area contributed by atoms with E-state index in [0.29, 0.717) is 12.2 Å². The maximum Gasteiger partial charge on any atom is 0.0935 e. The average molecular weight is 238 g/mol. The third kappa shape index (κ3) is 1.60. The summed E-state index contributed by atoms with van der Waals surface area (Å²) in [5.41, 5.74) is 7.30. The molecule has 3 heterocycles. The summed E-state index contributed by atoms with van der Waals surface area (Å²) < 4.78 is 5.95. The second-order valence-corrected chi connectivity index (χ2v) is 6.10. The minimum atomic E-state index is 0.174. The van der Waals surface area contributed by atoms with Gasteiger partial charge in [0, 0.05) is 29.5 Å². The van der Waals surface area contributed by atoms with Crippen LogP contribution >= 0.6 is 11.3 Å². The van der Waals surface area contributed by atoms with E-state index in [1.165, 1.54) is 17.8 Å². The molecular formula is C12H18N2OS. The summed E-state index contributed by atoms with van der Waals surface area (Å²) >= 11 is 1.76. The average Bonchev–Trinajstić information content (AvgIpc) is 2.94. The standard InChI is InChI=1S/C12H18N2OS/c1-8-6-16-11(14-8)5-12(7-13)4-9-2-3-10(12)15-9/h6,9-10H,2-5,7,13H2,1H3. The van der Waals surface area contributed by atoms with Crippen LogP contribution in [0.25, 0.3) is 0 Å². The van der Waals surface area contributed by atoms with Crippen LogP contribution < -0.4 is 5.73 Å². The number of fused-ring (bicyclic) bond motifs is 2. The summed E-state index contributed by atoms with van der Waals surface area (Å²) in [5.74, 6) is 0. The van der Waals surface area contributed by atoms with Gasteiger partial charge in [-0.15, -0.1) is 11.3 Å². The minimum Gasteiger partial charge on any atom is -0.374 e. The minimum absolute atomic E-state index is 0.174. The number of thiazole rings is 1. The van der Waals surface area contributed by atoms with Crippen LogP contribution in [0, 0.1) is 12.3 Å². The van der Waals surface area contributed by atoms with Crippen LogP contribution in [-0.4, -0.2) is 23.7 Å².